The van der Waals surface area contributed by atoms with Gasteiger partial charge in [0, 0.05) is 17.1 Å². The van der Waals surface area contributed by atoms with Gasteiger partial charge in [-0.3, -0.25) is 4.79 Å². The van der Waals surface area contributed by atoms with Crippen LogP contribution in [0.1, 0.15) is 49.4 Å². The van der Waals surface area contributed by atoms with E-state index in [0.29, 0.717) is 12.1 Å². The number of carbonyl (C=O) groups is 2. The van der Waals surface area contributed by atoms with E-state index in [4.69, 9.17) is 4.74 Å². The molecule has 0 N–H and O–H groups in total. The summed E-state index contributed by atoms with van der Waals surface area (Å²) in [6, 6.07) is 7.43. The molecule has 5 heteroatoms. The van der Waals surface area contributed by atoms with Crippen molar-refractivity contribution >= 4 is 28.9 Å². The second-order valence-corrected chi connectivity index (χ2v) is 7.24. The molecule has 24 heavy (non-hydrogen) atoms. The van der Waals surface area contributed by atoms with Crippen LogP contribution in [0.2, 0.25) is 0 Å². The third-order valence-corrected chi connectivity index (χ3v) is 5.47. The molecule has 1 aromatic carbocycles. The predicted octanol–water partition coefficient (Wildman–Crippen LogP) is 4.00. The molecule has 0 saturated heterocycles. The third kappa shape index (κ3) is 2.96. The van der Waals surface area contributed by atoms with E-state index >= 15 is 0 Å². The molecule has 0 fully saturated rings. The maximum atomic E-state index is 12.9. The molecular weight excluding hydrogens is 322 g/mol. The molecule has 2 heterocycles. The molecule has 0 aliphatic carbocycles. The maximum absolute atomic E-state index is 12.9. The number of ether oxygens (including phenoxy) is 1. The Balaban J connectivity index is 1.87. The number of methoxy groups -OCH3 is 1. The number of hydrogen-bond acceptors (Lipinski definition) is 4. The average Bonchev–Trinajstić information content (AvgIpc) is 3.17. The first kappa shape index (κ1) is 16.7. The van der Waals surface area contributed by atoms with Gasteiger partial charge in [-0.2, -0.15) is 0 Å². The Morgan fingerprint density at radius 3 is 2.79 bits per heavy atom. The summed E-state index contributed by atoms with van der Waals surface area (Å²) in [6.45, 7) is 4.88. The van der Waals surface area contributed by atoms with Crippen molar-refractivity contribution in [2.45, 2.75) is 33.1 Å². The lowest BCUT2D eigenvalue weighted by Gasteiger charge is -2.16. The number of rotatable bonds is 4. The van der Waals surface area contributed by atoms with Crippen LogP contribution in [0.15, 0.2) is 24.3 Å². The van der Waals surface area contributed by atoms with Crippen molar-refractivity contribution in [2.24, 2.45) is 0 Å². The fraction of sp³-hybridized carbons (Fsp3) is 0.368. The number of carbonyl (C=O) groups excluding carboxylic acids is 2. The van der Waals surface area contributed by atoms with E-state index in [-0.39, 0.29) is 11.9 Å². The monoisotopic (exact) mass is 343 g/mol. The number of benzene rings is 1. The molecule has 0 spiro atoms. The molecule has 1 aliphatic rings. The van der Waals surface area contributed by atoms with Gasteiger partial charge in [0.05, 0.1) is 17.6 Å². The van der Waals surface area contributed by atoms with Crippen LogP contribution in [0.25, 0.3) is 0 Å². The number of hydrogen-bond donors (Lipinski definition) is 0. The molecule has 3 rings (SSSR count). The van der Waals surface area contributed by atoms with Gasteiger partial charge in [-0.05, 0) is 55.2 Å². The standard InChI is InChI=1S/C19H21NO3S/c1-4-5-13-11-17(24-12(13)2)18(21)20-9-8-14-10-15(19(22)23-3)6-7-16(14)20/h6-7,10-11H,4-5,8-9H2,1-3H3. The first-order valence-electron chi connectivity index (χ1n) is 8.17. The Kier molecular flexibility index (Phi) is 4.71. The number of anilines is 1. The highest BCUT2D eigenvalue weighted by Gasteiger charge is 2.27. The van der Waals surface area contributed by atoms with Gasteiger partial charge in [0.25, 0.3) is 5.91 Å². The number of esters is 1. The molecule has 1 aliphatic heterocycles. The van der Waals surface area contributed by atoms with Gasteiger partial charge in [-0.25, -0.2) is 4.79 Å². The minimum Gasteiger partial charge on any atom is -0.465 e. The summed E-state index contributed by atoms with van der Waals surface area (Å²) in [6.07, 6.45) is 2.85. The summed E-state index contributed by atoms with van der Waals surface area (Å²) in [5, 5.41) is 0. The molecule has 0 saturated carbocycles. The Morgan fingerprint density at radius 2 is 2.08 bits per heavy atom. The molecule has 0 atom stereocenters. The lowest BCUT2D eigenvalue weighted by atomic mass is 10.1. The zero-order valence-corrected chi connectivity index (χ0v) is 15.0. The van der Waals surface area contributed by atoms with Gasteiger partial charge in [-0.1, -0.05) is 13.3 Å². The largest absolute Gasteiger partial charge is 0.465 e. The second kappa shape index (κ2) is 6.77. The molecule has 4 nitrogen and oxygen atoms in total. The van der Waals surface area contributed by atoms with Crippen molar-refractivity contribution in [3.8, 4) is 0 Å². The third-order valence-electron chi connectivity index (χ3n) is 4.39. The topological polar surface area (TPSA) is 46.6 Å². The normalized spacial score (nSPS) is 13.0. The van der Waals surface area contributed by atoms with Gasteiger partial charge in [0.2, 0.25) is 0 Å². The summed E-state index contributed by atoms with van der Waals surface area (Å²) >= 11 is 1.57. The molecule has 2 aromatic rings. The number of thiophene rings is 1. The lowest BCUT2D eigenvalue weighted by molar-refractivity contribution is 0.0600. The van der Waals surface area contributed by atoms with E-state index < -0.39 is 0 Å². The quantitative estimate of drug-likeness (QED) is 0.788. The highest BCUT2D eigenvalue weighted by atomic mass is 32.1. The molecule has 126 valence electrons. The number of fused-ring (bicyclic) bond motifs is 1. The predicted molar refractivity (Wildman–Crippen MR) is 96.2 cm³/mol. The van der Waals surface area contributed by atoms with Crippen molar-refractivity contribution in [3.63, 3.8) is 0 Å². The molecule has 0 unspecified atom stereocenters. The van der Waals surface area contributed by atoms with Crippen molar-refractivity contribution in [2.75, 3.05) is 18.6 Å². The highest BCUT2D eigenvalue weighted by molar-refractivity contribution is 7.14. The Morgan fingerprint density at radius 1 is 1.29 bits per heavy atom. The van der Waals surface area contributed by atoms with Gasteiger partial charge < -0.3 is 9.64 Å². The van der Waals surface area contributed by atoms with Crippen LogP contribution in [0.4, 0.5) is 5.69 Å². The smallest absolute Gasteiger partial charge is 0.337 e. The zero-order valence-electron chi connectivity index (χ0n) is 14.2. The van der Waals surface area contributed by atoms with Crippen molar-refractivity contribution < 1.29 is 14.3 Å². The first-order chi connectivity index (χ1) is 11.5. The first-order valence-corrected chi connectivity index (χ1v) is 8.99. The summed E-state index contributed by atoms with van der Waals surface area (Å²) < 4.78 is 4.76. The number of nitrogens with zero attached hydrogens (tertiary/aromatic N) is 1. The SMILES string of the molecule is CCCc1cc(C(=O)N2CCc3cc(C(=O)OC)ccc32)sc1C. The molecule has 1 aromatic heterocycles. The highest BCUT2D eigenvalue weighted by Crippen LogP contribution is 2.32. The summed E-state index contributed by atoms with van der Waals surface area (Å²) in [5.41, 5.74) is 3.72. The van der Waals surface area contributed by atoms with E-state index in [0.717, 1.165) is 35.4 Å². The summed E-state index contributed by atoms with van der Waals surface area (Å²) in [4.78, 5) is 28.4. The van der Waals surface area contributed by atoms with Gasteiger partial charge in [-0.15, -0.1) is 11.3 Å². The van der Waals surface area contributed by atoms with Crippen LogP contribution in [0.5, 0.6) is 0 Å². The maximum Gasteiger partial charge on any atom is 0.337 e. The van der Waals surface area contributed by atoms with Crippen LogP contribution in [-0.2, 0) is 17.6 Å². The Labute approximate surface area is 146 Å². The van der Waals surface area contributed by atoms with E-state index in [9.17, 15) is 9.59 Å². The second-order valence-electron chi connectivity index (χ2n) is 5.98. The lowest BCUT2D eigenvalue weighted by Crippen LogP contribution is -2.28. The van der Waals surface area contributed by atoms with E-state index in [1.54, 1.807) is 17.4 Å². The minimum atomic E-state index is -0.347. The Hall–Kier alpha value is -2.14. The van der Waals surface area contributed by atoms with Crippen molar-refractivity contribution in [1.29, 1.82) is 0 Å². The van der Waals surface area contributed by atoms with Crippen LogP contribution < -0.4 is 4.90 Å². The van der Waals surface area contributed by atoms with Gasteiger partial charge >= 0.3 is 5.97 Å². The minimum absolute atomic E-state index is 0.0509. The summed E-state index contributed by atoms with van der Waals surface area (Å²) in [5.74, 6) is -0.296. The van der Waals surface area contributed by atoms with Gasteiger partial charge in [0.1, 0.15) is 0 Å². The molecular formula is C19H21NO3S. The van der Waals surface area contributed by atoms with Crippen molar-refractivity contribution in [3.05, 3.63) is 50.7 Å². The van der Waals surface area contributed by atoms with Crippen LogP contribution in [-0.4, -0.2) is 25.5 Å². The number of aryl methyl sites for hydroxylation is 2. The molecule has 1 amide bonds. The van der Waals surface area contributed by atoms with Crippen LogP contribution >= 0.6 is 11.3 Å². The van der Waals surface area contributed by atoms with Crippen molar-refractivity contribution in [1.82, 2.24) is 0 Å². The van der Waals surface area contributed by atoms with Crippen LogP contribution in [0.3, 0.4) is 0 Å². The summed E-state index contributed by atoms with van der Waals surface area (Å²) in [7, 11) is 1.37. The number of amides is 1. The Bertz CT molecular complexity index is 794. The fourth-order valence-electron chi connectivity index (χ4n) is 3.13. The fourth-order valence-corrected chi connectivity index (χ4v) is 4.15. The molecule has 0 radical (unpaired) electrons. The van der Waals surface area contributed by atoms with Crippen LogP contribution in [0, 0.1) is 6.92 Å². The zero-order chi connectivity index (χ0) is 17.3. The average molecular weight is 343 g/mol. The van der Waals surface area contributed by atoms with E-state index in [1.807, 2.05) is 23.1 Å². The molecule has 0 bridgehead atoms. The van der Waals surface area contributed by atoms with E-state index in [2.05, 4.69) is 13.8 Å². The van der Waals surface area contributed by atoms with Gasteiger partial charge in [0.15, 0.2) is 0 Å². The van der Waals surface area contributed by atoms with E-state index in [1.165, 1.54) is 17.6 Å².